The summed E-state index contributed by atoms with van der Waals surface area (Å²) >= 11 is 8.80. The molecule has 0 aliphatic heterocycles. The Labute approximate surface area is 132 Å². The number of aryl methyl sites for hydroxylation is 1. The number of pyridine rings is 1. The van der Waals surface area contributed by atoms with Gasteiger partial charge in [-0.3, -0.25) is 9.78 Å². The van der Waals surface area contributed by atoms with Gasteiger partial charge in [-0.25, -0.2) is 0 Å². The monoisotopic (exact) mass is 347 g/mol. The number of Topliss-reactive ketones (excluding diaryl/α,β-unsaturated/α-hetero) is 1. The fourth-order valence-electron chi connectivity index (χ4n) is 1.85. The largest absolute Gasteiger partial charge is 0.294 e. The van der Waals surface area contributed by atoms with Crippen molar-refractivity contribution in [2.75, 3.05) is 0 Å². The third kappa shape index (κ3) is 4.05. The van der Waals surface area contributed by atoms with Crippen LogP contribution in [-0.2, 0) is 6.42 Å². The van der Waals surface area contributed by atoms with E-state index in [-0.39, 0.29) is 12.2 Å². The maximum absolute atomic E-state index is 12.1. The normalized spacial score (nSPS) is 10.3. The van der Waals surface area contributed by atoms with Crippen LogP contribution < -0.4 is 0 Å². The van der Waals surface area contributed by atoms with E-state index in [4.69, 9.17) is 12.2 Å². The molecular formula is C16H14BrNOS. The van der Waals surface area contributed by atoms with Crippen molar-refractivity contribution in [3.8, 4) is 0 Å². The lowest BCUT2D eigenvalue weighted by Gasteiger charge is -2.06. The maximum Gasteiger partial charge on any atom is 0.167 e. The number of halogens is 1. The summed E-state index contributed by atoms with van der Waals surface area (Å²) in [6.07, 6.45) is 2.62. The lowest BCUT2D eigenvalue weighted by atomic mass is 10.0. The van der Waals surface area contributed by atoms with Gasteiger partial charge in [-0.2, -0.15) is 0 Å². The van der Waals surface area contributed by atoms with E-state index in [1.165, 1.54) is 0 Å². The minimum absolute atomic E-state index is 0.0545. The molecular weight excluding hydrogens is 334 g/mol. The maximum atomic E-state index is 12.1. The Morgan fingerprint density at radius 3 is 2.65 bits per heavy atom. The van der Waals surface area contributed by atoms with Crippen LogP contribution in [0.1, 0.15) is 28.0 Å². The van der Waals surface area contributed by atoms with Crippen LogP contribution in [0.5, 0.6) is 0 Å². The van der Waals surface area contributed by atoms with E-state index in [2.05, 4.69) is 20.9 Å². The summed E-state index contributed by atoms with van der Waals surface area (Å²) < 4.78 is 0.937. The van der Waals surface area contributed by atoms with Crippen molar-refractivity contribution in [3.63, 3.8) is 0 Å². The van der Waals surface area contributed by atoms with Crippen LogP contribution in [0, 0.1) is 6.92 Å². The van der Waals surface area contributed by atoms with Crippen molar-refractivity contribution in [2.24, 2.45) is 0 Å². The molecule has 0 saturated carbocycles. The van der Waals surface area contributed by atoms with Crippen molar-refractivity contribution in [1.29, 1.82) is 0 Å². The Kier molecular flexibility index (Phi) is 5.15. The SMILES string of the molecule is Cc1cnc(CC(=S)CC(=O)c2ccccc2)c(Br)c1. The average molecular weight is 348 g/mol. The molecule has 1 aromatic carbocycles. The summed E-state index contributed by atoms with van der Waals surface area (Å²) in [4.78, 5) is 17.1. The molecule has 0 atom stereocenters. The molecule has 2 rings (SSSR count). The number of carbonyl (C=O) groups is 1. The van der Waals surface area contributed by atoms with Gasteiger partial charge in [0.25, 0.3) is 0 Å². The highest BCUT2D eigenvalue weighted by molar-refractivity contribution is 9.10. The van der Waals surface area contributed by atoms with E-state index in [1.54, 1.807) is 0 Å². The van der Waals surface area contributed by atoms with Crippen molar-refractivity contribution < 1.29 is 4.79 Å². The van der Waals surface area contributed by atoms with Gasteiger partial charge in [0.2, 0.25) is 0 Å². The average Bonchev–Trinajstić information content (AvgIpc) is 2.43. The fourth-order valence-corrected chi connectivity index (χ4v) is 2.72. The summed E-state index contributed by atoms with van der Waals surface area (Å²) in [5, 5.41) is 0. The number of rotatable bonds is 5. The zero-order chi connectivity index (χ0) is 14.5. The number of thiocarbonyl (C=S) groups is 1. The van der Waals surface area contributed by atoms with E-state index in [0.29, 0.717) is 16.8 Å². The lowest BCUT2D eigenvalue weighted by molar-refractivity contribution is 0.100. The molecule has 0 aliphatic carbocycles. The highest BCUT2D eigenvalue weighted by atomic mass is 79.9. The molecule has 0 bridgehead atoms. The number of ketones is 1. The van der Waals surface area contributed by atoms with Gasteiger partial charge in [-0.1, -0.05) is 42.5 Å². The molecule has 0 saturated heterocycles. The predicted molar refractivity (Wildman–Crippen MR) is 88.4 cm³/mol. The van der Waals surface area contributed by atoms with Crippen molar-refractivity contribution >= 4 is 38.8 Å². The van der Waals surface area contributed by atoms with E-state index in [0.717, 1.165) is 15.7 Å². The van der Waals surface area contributed by atoms with Crippen molar-refractivity contribution in [1.82, 2.24) is 4.98 Å². The number of hydrogen-bond donors (Lipinski definition) is 0. The first-order valence-corrected chi connectivity index (χ1v) is 7.47. The first-order valence-electron chi connectivity index (χ1n) is 6.27. The van der Waals surface area contributed by atoms with Crippen LogP contribution in [0.25, 0.3) is 0 Å². The van der Waals surface area contributed by atoms with E-state index >= 15 is 0 Å². The van der Waals surface area contributed by atoms with Gasteiger partial charge < -0.3 is 0 Å². The second kappa shape index (κ2) is 6.86. The number of carbonyl (C=O) groups excluding carboxylic acids is 1. The molecule has 4 heteroatoms. The Balaban J connectivity index is 2.01. The topological polar surface area (TPSA) is 30.0 Å². The van der Waals surface area contributed by atoms with Crippen LogP contribution in [0.2, 0.25) is 0 Å². The first-order chi connectivity index (χ1) is 9.56. The predicted octanol–water partition coefficient (Wildman–Crippen LogP) is 4.34. The molecule has 1 heterocycles. The lowest BCUT2D eigenvalue weighted by Crippen LogP contribution is -2.10. The highest BCUT2D eigenvalue weighted by Gasteiger charge is 2.11. The van der Waals surface area contributed by atoms with Gasteiger partial charge in [0.15, 0.2) is 5.78 Å². The van der Waals surface area contributed by atoms with E-state index in [1.807, 2.05) is 49.5 Å². The molecule has 0 unspecified atom stereocenters. The smallest absolute Gasteiger partial charge is 0.167 e. The molecule has 0 spiro atoms. The van der Waals surface area contributed by atoms with Gasteiger partial charge >= 0.3 is 0 Å². The Hall–Kier alpha value is -1.39. The molecule has 0 N–H and O–H groups in total. The van der Waals surface area contributed by atoms with E-state index < -0.39 is 0 Å². The van der Waals surface area contributed by atoms with E-state index in [9.17, 15) is 4.79 Å². The standard InChI is InChI=1S/C16H14BrNOS/c1-11-7-14(17)15(18-10-11)8-13(20)9-16(19)12-5-3-2-4-6-12/h2-7,10H,8-9H2,1H3. The molecule has 0 amide bonds. The Morgan fingerprint density at radius 2 is 2.00 bits per heavy atom. The quantitative estimate of drug-likeness (QED) is 0.595. The molecule has 0 fully saturated rings. The van der Waals surface area contributed by atoms with Crippen LogP contribution in [0.4, 0.5) is 0 Å². The number of hydrogen-bond acceptors (Lipinski definition) is 3. The zero-order valence-electron chi connectivity index (χ0n) is 11.1. The summed E-state index contributed by atoms with van der Waals surface area (Å²) in [5.41, 5.74) is 2.67. The summed E-state index contributed by atoms with van der Waals surface area (Å²) in [7, 11) is 0. The molecule has 2 aromatic rings. The van der Waals surface area contributed by atoms with Gasteiger partial charge in [-0.15, -0.1) is 0 Å². The highest BCUT2D eigenvalue weighted by Crippen LogP contribution is 2.17. The molecule has 0 aliphatic rings. The van der Waals surface area contributed by atoms with Crippen LogP contribution >= 0.6 is 28.1 Å². The Bertz CT molecular complexity index is 640. The van der Waals surface area contributed by atoms with Gasteiger partial charge in [0, 0.05) is 33.9 Å². The summed E-state index contributed by atoms with van der Waals surface area (Å²) in [6, 6.07) is 11.2. The van der Waals surface area contributed by atoms with Crippen LogP contribution in [0.3, 0.4) is 0 Å². The Morgan fingerprint density at radius 1 is 1.30 bits per heavy atom. The molecule has 1 aromatic heterocycles. The first kappa shape index (κ1) is 15.0. The second-order valence-corrected chi connectivity index (χ2v) is 6.05. The second-order valence-electron chi connectivity index (χ2n) is 4.62. The molecule has 20 heavy (non-hydrogen) atoms. The van der Waals surface area contributed by atoms with Crippen LogP contribution in [0.15, 0.2) is 47.1 Å². The summed E-state index contributed by atoms with van der Waals surface area (Å²) in [6.45, 7) is 1.98. The molecule has 0 radical (unpaired) electrons. The minimum Gasteiger partial charge on any atom is -0.294 e. The molecule has 2 nitrogen and oxygen atoms in total. The third-order valence-corrected chi connectivity index (χ3v) is 3.85. The van der Waals surface area contributed by atoms with Crippen molar-refractivity contribution in [3.05, 3.63) is 63.9 Å². The minimum atomic E-state index is 0.0545. The number of aromatic nitrogens is 1. The van der Waals surface area contributed by atoms with Crippen molar-refractivity contribution in [2.45, 2.75) is 19.8 Å². The number of benzene rings is 1. The van der Waals surface area contributed by atoms with Crippen LogP contribution in [-0.4, -0.2) is 15.6 Å². The van der Waals surface area contributed by atoms with Gasteiger partial charge in [0.05, 0.1) is 5.69 Å². The summed E-state index contributed by atoms with van der Waals surface area (Å²) in [5.74, 6) is 0.0545. The molecule has 102 valence electrons. The zero-order valence-corrected chi connectivity index (χ0v) is 13.5. The van der Waals surface area contributed by atoms with Gasteiger partial charge in [0.1, 0.15) is 0 Å². The third-order valence-electron chi connectivity index (χ3n) is 2.87. The number of nitrogens with zero attached hydrogens (tertiary/aromatic N) is 1. The fraction of sp³-hybridized carbons (Fsp3) is 0.188. The van der Waals surface area contributed by atoms with Gasteiger partial charge in [-0.05, 0) is 34.5 Å².